The number of hydrogen-bond donors (Lipinski definition) is 0. The van der Waals surface area contributed by atoms with Gasteiger partial charge in [-0.1, -0.05) is 23.7 Å². The minimum Gasteiger partial charge on any atom is -0.497 e. The predicted octanol–water partition coefficient (Wildman–Crippen LogP) is 4.60. The number of rotatable bonds is 4. The molecule has 1 saturated heterocycles. The van der Waals surface area contributed by atoms with Gasteiger partial charge in [0, 0.05) is 5.56 Å². The highest BCUT2D eigenvalue weighted by atomic mass is 35.5. The Kier molecular flexibility index (Phi) is 5.01. The van der Waals surface area contributed by atoms with E-state index in [2.05, 4.69) is 0 Å². The zero-order valence-corrected chi connectivity index (χ0v) is 15.1. The summed E-state index contributed by atoms with van der Waals surface area (Å²) in [5.74, 6) is 0.774. The third-order valence-electron chi connectivity index (χ3n) is 3.61. The molecular formula is C18H14ClNO4S. The summed E-state index contributed by atoms with van der Waals surface area (Å²) in [6.45, 7) is 0. The molecule has 128 valence electrons. The van der Waals surface area contributed by atoms with E-state index in [0.717, 1.165) is 16.7 Å². The number of imide groups is 1. The van der Waals surface area contributed by atoms with Gasteiger partial charge in [-0.05, 0) is 48.2 Å². The molecule has 0 radical (unpaired) electrons. The van der Waals surface area contributed by atoms with Gasteiger partial charge in [-0.2, -0.15) is 0 Å². The monoisotopic (exact) mass is 375 g/mol. The van der Waals surface area contributed by atoms with Gasteiger partial charge in [0.15, 0.2) is 0 Å². The number of ether oxygens (including phenoxy) is 2. The maximum absolute atomic E-state index is 12.7. The summed E-state index contributed by atoms with van der Waals surface area (Å²) in [4.78, 5) is 26.4. The Labute approximate surface area is 154 Å². The Balaban J connectivity index is 2.00. The van der Waals surface area contributed by atoms with Crippen molar-refractivity contribution in [1.82, 2.24) is 0 Å². The molecule has 0 unspecified atom stereocenters. The predicted molar refractivity (Wildman–Crippen MR) is 99.4 cm³/mol. The van der Waals surface area contributed by atoms with Gasteiger partial charge in [0.25, 0.3) is 11.1 Å². The van der Waals surface area contributed by atoms with Gasteiger partial charge in [-0.3, -0.25) is 9.59 Å². The average Bonchev–Trinajstić information content (AvgIpc) is 2.89. The van der Waals surface area contributed by atoms with Crippen LogP contribution in [0.25, 0.3) is 6.08 Å². The van der Waals surface area contributed by atoms with Crippen LogP contribution in [0.4, 0.5) is 10.5 Å². The van der Waals surface area contributed by atoms with Crippen molar-refractivity contribution in [1.29, 1.82) is 0 Å². The molecule has 0 aromatic heterocycles. The molecule has 5 nitrogen and oxygen atoms in total. The SMILES string of the molecule is COc1ccc(OC)c(/C=C2/SC(=O)N(c3ccccc3Cl)C2=O)c1. The summed E-state index contributed by atoms with van der Waals surface area (Å²) in [6, 6.07) is 12.0. The van der Waals surface area contributed by atoms with E-state index in [1.807, 2.05) is 0 Å². The minimum absolute atomic E-state index is 0.288. The van der Waals surface area contributed by atoms with Gasteiger partial charge in [0.1, 0.15) is 11.5 Å². The van der Waals surface area contributed by atoms with Gasteiger partial charge in [-0.25, -0.2) is 4.90 Å². The second-order valence-corrected chi connectivity index (χ2v) is 6.48. The maximum Gasteiger partial charge on any atom is 0.298 e. The van der Waals surface area contributed by atoms with Gasteiger partial charge < -0.3 is 9.47 Å². The van der Waals surface area contributed by atoms with Crippen LogP contribution in [0.5, 0.6) is 11.5 Å². The second kappa shape index (κ2) is 7.21. The van der Waals surface area contributed by atoms with Crippen molar-refractivity contribution in [3.8, 4) is 11.5 Å². The van der Waals surface area contributed by atoms with E-state index >= 15 is 0 Å². The summed E-state index contributed by atoms with van der Waals surface area (Å²) >= 11 is 6.98. The van der Waals surface area contributed by atoms with Crippen molar-refractivity contribution in [3.05, 3.63) is 58.0 Å². The molecule has 0 saturated carbocycles. The van der Waals surface area contributed by atoms with Gasteiger partial charge >= 0.3 is 0 Å². The number of carbonyl (C=O) groups is 2. The number of benzene rings is 2. The topological polar surface area (TPSA) is 55.8 Å². The lowest BCUT2D eigenvalue weighted by Crippen LogP contribution is -2.27. The number of para-hydroxylation sites is 1. The molecule has 0 bridgehead atoms. The smallest absolute Gasteiger partial charge is 0.298 e. The Morgan fingerprint density at radius 2 is 1.84 bits per heavy atom. The third-order valence-corrected chi connectivity index (χ3v) is 4.80. The molecule has 1 fully saturated rings. The number of carbonyl (C=O) groups excluding carboxylic acids is 2. The van der Waals surface area contributed by atoms with E-state index in [1.165, 1.54) is 7.11 Å². The van der Waals surface area contributed by atoms with E-state index in [9.17, 15) is 9.59 Å². The number of methoxy groups -OCH3 is 2. The lowest BCUT2D eigenvalue weighted by Gasteiger charge is -2.13. The van der Waals surface area contributed by atoms with Gasteiger partial charge in [0.2, 0.25) is 0 Å². The van der Waals surface area contributed by atoms with Crippen LogP contribution in [0.15, 0.2) is 47.4 Å². The molecule has 2 aromatic rings. The average molecular weight is 376 g/mol. The highest BCUT2D eigenvalue weighted by molar-refractivity contribution is 8.19. The van der Waals surface area contributed by atoms with E-state index in [0.29, 0.717) is 27.8 Å². The van der Waals surface area contributed by atoms with Crippen molar-refractivity contribution >= 4 is 46.3 Å². The van der Waals surface area contributed by atoms with Crippen molar-refractivity contribution in [2.45, 2.75) is 0 Å². The number of anilines is 1. The van der Waals surface area contributed by atoms with Crippen LogP contribution in [-0.2, 0) is 4.79 Å². The fourth-order valence-corrected chi connectivity index (χ4v) is 3.45. The molecule has 2 amide bonds. The van der Waals surface area contributed by atoms with Crippen LogP contribution in [0.2, 0.25) is 5.02 Å². The molecule has 0 aliphatic carbocycles. The lowest BCUT2D eigenvalue weighted by molar-refractivity contribution is -0.113. The van der Waals surface area contributed by atoms with Crippen LogP contribution in [-0.4, -0.2) is 25.4 Å². The summed E-state index contributed by atoms with van der Waals surface area (Å²) in [5.41, 5.74) is 1.01. The fourth-order valence-electron chi connectivity index (χ4n) is 2.40. The normalized spacial score (nSPS) is 15.8. The number of halogens is 1. The lowest BCUT2D eigenvalue weighted by atomic mass is 10.1. The molecule has 0 atom stereocenters. The maximum atomic E-state index is 12.7. The third kappa shape index (κ3) is 3.36. The first kappa shape index (κ1) is 17.4. The van der Waals surface area contributed by atoms with E-state index < -0.39 is 11.1 Å². The minimum atomic E-state index is -0.423. The molecular weight excluding hydrogens is 362 g/mol. The first-order chi connectivity index (χ1) is 12.0. The molecule has 7 heteroatoms. The standard InChI is InChI=1S/C18H14ClNO4S/c1-23-12-7-8-15(24-2)11(9-12)10-16-17(21)20(18(22)25-16)14-6-4-3-5-13(14)19/h3-10H,1-2H3/b16-10+. The second-order valence-electron chi connectivity index (χ2n) is 5.08. The zero-order chi connectivity index (χ0) is 18.0. The highest BCUT2D eigenvalue weighted by Gasteiger charge is 2.37. The fraction of sp³-hybridized carbons (Fsp3) is 0.111. The Bertz CT molecular complexity index is 881. The first-order valence-corrected chi connectivity index (χ1v) is 8.49. The number of nitrogens with zero attached hydrogens (tertiary/aromatic N) is 1. The quantitative estimate of drug-likeness (QED) is 0.731. The van der Waals surface area contributed by atoms with Crippen molar-refractivity contribution in [2.24, 2.45) is 0 Å². The largest absolute Gasteiger partial charge is 0.497 e. The summed E-state index contributed by atoms with van der Waals surface area (Å²) in [6.07, 6.45) is 1.61. The molecule has 1 aliphatic heterocycles. The van der Waals surface area contributed by atoms with Crippen LogP contribution >= 0.6 is 23.4 Å². The number of thioether (sulfide) groups is 1. The van der Waals surface area contributed by atoms with Crippen LogP contribution < -0.4 is 14.4 Å². The molecule has 3 rings (SSSR count). The Morgan fingerprint density at radius 1 is 1.08 bits per heavy atom. The number of amides is 2. The summed E-state index contributed by atoms with van der Waals surface area (Å²) < 4.78 is 10.5. The first-order valence-electron chi connectivity index (χ1n) is 7.29. The zero-order valence-electron chi connectivity index (χ0n) is 13.5. The van der Waals surface area contributed by atoms with E-state index in [4.69, 9.17) is 21.1 Å². The van der Waals surface area contributed by atoms with Crippen molar-refractivity contribution in [2.75, 3.05) is 19.1 Å². The molecule has 0 N–H and O–H groups in total. The molecule has 25 heavy (non-hydrogen) atoms. The van der Waals surface area contributed by atoms with E-state index in [-0.39, 0.29) is 4.91 Å². The summed E-state index contributed by atoms with van der Waals surface area (Å²) in [7, 11) is 3.09. The molecule has 1 aliphatic rings. The Morgan fingerprint density at radius 3 is 2.52 bits per heavy atom. The van der Waals surface area contributed by atoms with Gasteiger partial charge in [0.05, 0.1) is 29.8 Å². The molecule has 1 heterocycles. The molecule has 0 spiro atoms. The van der Waals surface area contributed by atoms with E-state index in [1.54, 1.807) is 55.7 Å². The van der Waals surface area contributed by atoms with Crippen LogP contribution in [0, 0.1) is 0 Å². The van der Waals surface area contributed by atoms with Crippen molar-refractivity contribution in [3.63, 3.8) is 0 Å². The van der Waals surface area contributed by atoms with Crippen LogP contribution in [0.3, 0.4) is 0 Å². The Hall–Kier alpha value is -2.44. The van der Waals surface area contributed by atoms with Crippen molar-refractivity contribution < 1.29 is 19.1 Å². The highest BCUT2D eigenvalue weighted by Crippen LogP contribution is 2.39. The molecule has 2 aromatic carbocycles. The van der Waals surface area contributed by atoms with Crippen LogP contribution in [0.1, 0.15) is 5.56 Å². The summed E-state index contributed by atoms with van der Waals surface area (Å²) in [5, 5.41) is -0.0591. The number of hydrogen-bond acceptors (Lipinski definition) is 5. The van der Waals surface area contributed by atoms with Gasteiger partial charge in [-0.15, -0.1) is 0 Å².